The van der Waals surface area contributed by atoms with Crippen LogP contribution in [0.2, 0.25) is 0 Å². The maximum atomic E-state index is 6.09. The van der Waals surface area contributed by atoms with E-state index in [2.05, 4.69) is 11.8 Å². The molecule has 0 radical (unpaired) electrons. The van der Waals surface area contributed by atoms with E-state index in [1.54, 1.807) is 0 Å². The molecule has 1 aliphatic heterocycles. The van der Waals surface area contributed by atoms with Crippen molar-refractivity contribution in [3.8, 4) is 0 Å². The second-order valence-electron chi connectivity index (χ2n) is 1.49. The molecule has 0 bridgehead atoms. The fourth-order valence-corrected chi connectivity index (χ4v) is 16.8. The van der Waals surface area contributed by atoms with Crippen LogP contribution >= 0.6 is 38.3 Å². The van der Waals surface area contributed by atoms with Gasteiger partial charge in [-0.2, -0.15) is 0 Å². The number of halogens is 1. The Morgan fingerprint density at radius 3 is 2.11 bits per heavy atom. The van der Waals surface area contributed by atoms with E-state index in [1.165, 1.54) is 23.0 Å². The average molecular weight is 310 g/mol. The van der Waals surface area contributed by atoms with Crippen LogP contribution in [-0.2, 0) is 0 Å². The number of hydrogen-bond donors (Lipinski definition) is 0. The first-order chi connectivity index (χ1) is 4.39. The van der Waals surface area contributed by atoms with E-state index in [1.807, 2.05) is 17.7 Å². The first-order valence-corrected chi connectivity index (χ1v) is 15.2. The van der Waals surface area contributed by atoms with Gasteiger partial charge < -0.3 is 0 Å². The zero-order chi connectivity index (χ0) is 6.53. The standard InChI is InChI=1S/C4H10S3.ClH.Sb/c5-1-3-7-4-2-6;;/h5-6H,1-4H2;1H;/q;;+3/p-3. The molecule has 1 saturated heterocycles. The molecule has 0 nitrogen and oxygen atoms in total. The van der Waals surface area contributed by atoms with E-state index in [9.17, 15) is 0 Å². The zero-order valence-electron chi connectivity index (χ0n) is 4.88. The SMILES string of the molecule is [Cl][Sb]1[S]CCSCC[S]1. The van der Waals surface area contributed by atoms with E-state index >= 15 is 0 Å². The molecule has 54 valence electrons. The molecule has 0 saturated carbocycles. The van der Waals surface area contributed by atoms with Gasteiger partial charge in [-0.3, -0.25) is 0 Å². The molecule has 0 aromatic carbocycles. The van der Waals surface area contributed by atoms with E-state index in [0.717, 1.165) is 0 Å². The number of thioether (sulfide) groups is 1. The predicted octanol–water partition coefficient (Wildman–Crippen LogP) is 2.42. The summed E-state index contributed by atoms with van der Waals surface area (Å²) in [7, 11) is 10.2. The molecule has 0 atom stereocenters. The van der Waals surface area contributed by atoms with Gasteiger partial charge in [0.15, 0.2) is 0 Å². The van der Waals surface area contributed by atoms with Gasteiger partial charge in [-0.1, -0.05) is 0 Å². The summed E-state index contributed by atoms with van der Waals surface area (Å²) in [5.41, 5.74) is 0. The van der Waals surface area contributed by atoms with Crippen molar-refractivity contribution in [3.05, 3.63) is 0 Å². The van der Waals surface area contributed by atoms with Crippen molar-refractivity contribution < 1.29 is 0 Å². The molecule has 5 heteroatoms. The molecule has 1 heterocycles. The van der Waals surface area contributed by atoms with Crippen LogP contribution in [0.15, 0.2) is 0 Å². The van der Waals surface area contributed by atoms with Gasteiger partial charge in [0.2, 0.25) is 0 Å². The first-order valence-electron chi connectivity index (χ1n) is 2.69. The molecule has 0 spiro atoms. The Bertz CT molecular complexity index is 74.2. The normalized spacial score (nSPS) is 25.0. The molecule has 0 amide bonds. The van der Waals surface area contributed by atoms with E-state index in [-0.39, 0.29) is 0 Å². The van der Waals surface area contributed by atoms with E-state index in [4.69, 9.17) is 8.83 Å². The summed E-state index contributed by atoms with van der Waals surface area (Å²) in [5, 5.41) is 0. The molecule has 0 aliphatic carbocycles. The van der Waals surface area contributed by atoms with Gasteiger partial charge in [0.1, 0.15) is 0 Å². The molecule has 1 fully saturated rings. The van der Waals surface area contributed by atoms with E-state index in [0.29, 0.717) is 0 Å². The Kier molecular flexibility index (Phi) is 5.92. The minimum absolute atomic E-state index is 1.26. The van der Waals surface area contributed by atoms with Crippen molar-refractivity contribution in [3.63, 3.8) is 0 Å². The van der Waals surface area contributed by atoms with Crippen LogP contribution in [0.3, 0.4) is 0 Å². The van der Waals surface area contributed by atoms with Crippen LogP contribution in [0.1, 0.15) is 0 Å². The molecule has 0 aromatic rings. The van der Waals surface area contributed by atoms with Crippen LogP contribution in [0.25, 0.3) is 0 Å². The van der Waals surface area contributed by atoms with Crippen LogP contribution in [0.5, 0.6) is 0 Å². The summed E-state index contributed by atoms with van der Waals surface area (Å²) in [6, 6.07) is 0. The summed E-state index contributed by atoms with van der Waals surface area (Å²) in [4.78, 5) is 0. The van der Waals surface area contributed by atoms with Crippen molar-refractivity contribution in [1.29, 1.82) is 0 Å². The number of rotatable bonds is 0. The summed E-state index contributed by atoms with van der Waals surface area (Å²) in [5.74, 6) is 5.23. The van der Waals surface area contributed by atoms with Crippen LogP contribution < -0.4 is 0 Å². The van der Waals surface area contributed by atoms with Crippen LogP contribution in [0.4, 0.5) is 0 Å². The molecular formula is C4H8ClS3Sb. The predicted molar refractivity (Wildman–Crippen MR) is 53.8 cm³/mol. The third-order valence-corrected chi connectivity index (χ3v) is 18.3. The van der Waals surface area contributed by atoms with Gasteiger partial charge in [-0.15, -0.1) is 0 Å². The van der Waals surface area contributed by atoms with Crippen molar-refractivity contribution in [2.45, 2.75) is 0 Å². The Labute approximate surface area is 76.7 Å². The summed E-state index contributed by atoms with van der Waals surface area (Å²) >= 11 is 0.804. The van der Waals surface area contributed by atoms with Gasteiger partial charge in [0.25, 0.3) is 0 Å². The second kappa shape index (κ2) is 5.76. The molecule has 9 heavy (non-hydrogen) atoms. The molecule has 0 aromatic heterocycles. The van der Waals surface area contributed by atoms with Crippen molar-refractivity contribution in [2.75, 3.05) is 23.0 Å². The maximum absolute atomic E-state index is 6.09. The van der Waals surface area contributed by atoms with Crippen LogP contribution in [0, 0.1) is 0 Å². The Morgan fingerprint density at radius 1 is 1.00 bits per heavy atom. The fourth-order valence-electron chi connectivity index (χ4n) is 0.475. The molecule has 1 aliphatic rings. The minimum atomic E-state index is -1.26. The van der Waals surface area contributed by atoms with Gasteiger partial charge in [-0.05, 0) is 0 Å². The van der Waals surface area contributed by atoms with Crippen molar-refractivity contribution in [1.82, 2.24) is 0 Å². The van der Waals surface area contributed by atoms with Gasteiger partial charge in [0.05, 0.1) is 0 Å². The van der Waals surface area contributed by atoms with Crippen molar-refractivity contribution >= 4 is 54.6 Å². The quantitative estimate of drug-likeness (QED) is 0.631. The summed E-state index contributed by atoms with van der Waals surface area (Å²) in [6.07, 6.45) is 0. The Balaban J connectivity index is 2.12. The second-order valence-corrected chi connectivity index (χ2v) is 21.1. The fraction of sp³-hybridized carbons (Fsp3) is 1.00. The topological polar surface area (TPSA) is 0 Å². The Hall–Kier alpha value is 2.16. The van der Waals surface area contributed by atoms with Crippen LogP contribution in [-0.4, -0.2) is 39.3 Å². The monoisotopic (exact) mass is 308 g/mol. The van der Waals surface area contributed by atoms with Gasteiger partial charge in [-0.25, -0.2) is 0 Å². The van der Waals surface area contributed by atoms with Gasteiger partial charge >= 0.3 is 77.6 Å². The average Bonchev–Trinajstić information content (AvgIpc) is 1.79. The first kappa shape index (κ1) is 9.25. The number of hydrogen-bond acceptors (Lipinski definition) is 3. The molecule has 1 rings (SSSR count). The Morgan fingerprint density at radius 2 is 1.56 bits per heavy atom. The molecular weight excluding hydrogens is 301 g/mol. The summed E-state index contributed by atoms with van der Waals surface area (Å²) < 4.78 is 0. The third kappa shape index (κ3) is 4.57. The van der Waals surface area contributed by atoms with E-state index < -0.39 is 16.3 Å². The third-order valence-electron chi connectivity index (χ3n) is 0.841. The zero-order valence-corrected chi connectivity index (χ0v) is 10.6. The van der Waals surface area contributed by atoms with Gasteiger partial charge in [0, 0.05) is 0 Å². The summed E-state index contributed by atoms with van der Waals surface area (Å²) in [6.45, 7) is 0. The molecule has 0 N–H and O–H groups in total. The van der Waals surface area contributed by atoms with Crippen molar-refractivity contribution in [2.24, 2.45) is 0 Å². The molecule has 0 unspecified atom stereocenters.